The largest absolute Gasteiger partial charge is 0.316 e. The minimum Gasteiger partial charge on any atom is -0.316 e. The van der Waals surface area contributed by atoms with Gasteiger partial charge in [-0.25, -0.2) is 0 Å². The molecule has 0 bridgehead atoms. The van der Waals surface area contributed by atoms with Gasteiger partial charge in [0.15, 0.2) is 0 Å². The Hall–Kier alpha value is -0.0800. The Bertz CT molecular complexity index is 95.7. The number of hydrogen-bond acceptors (Lipinski definition) is 2. The van der Waals surface area contributed by atoms with Crippen LogP contribution in [0, 0.1) is 0 Å². The second kappa shape index (κ2) is 4.73. The molecule has 66 valence electrons. The van der Waals surface area contributed by atoms with E-state index in [0.29, 0.717) is 6.04 Å². The smallest absolute Gasteiger partial charge is 0.0186 e. The highest BCUT2D eigenvalue weighted by Gasteiger charge is 2.16. The summed E-state index contributed by atoms with van der Waals surface area (Å²) < 4.78 is 0. The van der Waals surface area contributed by atoms with E-state index in [0.717, 1.165) is 12.6 Å². The van der Waals surface area contributed by atoms with Crippen molar-refractivity contribution in [3.8, 4) is 0 Å². The Balaban J connectivity index is 1.99. The fourth-order valence-electron chi connectivity index (χ4n) is 1.37. The Kier molecular flexibility index (Phi) is 3.87. The first-order valence-electron chi connectivity index (χ1n) is 4.77. The van der Waals surface area contributed by atoms with Crippen LogP contribution in [0.3, 0.4) is 0 Å². The summed E-state index contributed by atoms with van der Waals surface area (Å²) in [6.45, 7) is 3.36. The van der Waals surface area contributed by atoms with Gasteiger partial charge in [-0.15, -0.1) is 0 Å². The molecule has 0 amide bonds. The van der Waals surface area contributed by atoms with E-state index < -0.39 is 0 Å². The molecule has 2 heteroatoms. The first-order valence-corrected chi connectivity index (χ1v) is 4.77. The topological polar surface area (TPSA) is 24.1 Å². The van der Waals surface area contributed by atoms with Gasteiger partial charge in [0.05, 0.1) is 0 Å². The molecule has 0 aromatic rings. The predicted molar refractivity (Wildman–Crippen MR) is 48.8 cm³/mol. The van der Waals surface area contributed by atoms with Crippen LogP contribution in [0.5, 0.6) is 0 Å². The summed E-state index contributed by atoms with van der Waals surface area (Å²) in [6.07, 6.45) is 5.42. The molecule has 0 aromatic heterocycles. The quantitative estimate of drug-likeness (QED) is 0.623. The van der Waals surface area contributed by atoms with Crippen molar-refractivity contribution in [1.29, 1.82) is 0 Å². The highest BCUT2D eigenvalue weighted by Crippen LogP contribution is 2.17. The Morgan fingerprint density at radius 1 is 1.45 bits per heavy atom. The van der Waals surface area contributed by atoms with E-state index in [-0.39, 0.29) is 0 Å². The van der Waals surface area contributed by atoms with Gasteiger partial charge in [0.2, 0.25) is 0 Å². The zero-order valence-electron chi connectivity index (χ0n) is 7.69. The summed E-state index contributed by atoms with van der Waals surface area (Å²) in [4.78, 5) is 0. The molecule has 0 heterocycles. The number of likely N-dealkylation sites (N-methyl/N-ethyl adjacent to an activating group) is 1. The van der Waals surface area contributed by atoms with Gasteiger partial charge in [0, 0.05) is 18.6 Å². The van der Waals surface area contributed by atoms with Gasteiger partial charge in [0.25, 0.3) is 0 Å². The standard InChI is InChI=1S/C9H20N2/c1-3-8(10-2)7-11-9-5-4-6-9/h8-11H,3-7H2,1-2H3. The Morgan fingerprint density at radius 3 is 2.55 bits per heavy atom. The van der Waals surface area contributed by atoms with Crippen molar-refractivity contribution >= 4 is 0 Å². The molecule has 2 nitrogen and oxygen atoms in total. The third kappa shape index (κ3) is 2.80. The first-order chi connectivity index (χ1) is 5.36. The summed E-state index contributed by atoms with van der Waals surface area (Å²) in [5.74, 6) is 0. The molecular formula is C9H20N2. The summed E-state index contributed by atoms with van der Waals surface area (Å²) in [6, 6.07) is 1.49. The van der Waals surface area contributed by atoms with Gasteiger partial charge in [-0.3, -0.25) is 0 Å². The predicted octanol–water partition coefficient (Wildman–Crippen LogP) is 1.13. The molecule has 1 saturated carbocycles. The third-order valence-corrected chi connectivity index (χ3v) is 2.66. The van der Waals surface area contributed by atoms with Crippen molar-refractivity contribution in [3.05, 3.63) is 0 Å². The molecule has 1 atom stereocenters. The van der Waals surface area contributed by atoms with E-state index in [2.05, 4.69) is 17.6 Å². The van der Waals surface area contributed by atoms with Crippen LogP contribution >= 0.6 is 0 Å². The molecule has 1 unspecified atom stereocenters. The van der Waals surface area contributed by atoms with E-state index >= 15 is 0 Å². The molecular weight excluding hydrogens is 136 g/mol. The van der Waals surface area contributed by atoms with Gasteiger partial charge in [-0.2, -0.15) is 0 Å². The highest BCUT2D eigenvalue weighted by molar-refractivity contribution is 4.78. The van der Waals surface area contributed by atoms with Crippen LogP contribution in [0.1, 0.15) is 32.6 Å². The van der Waals surface area contributed by atoms with Crippen LogP contribution in [0.25, 0.3) is 0 Å². The highest BCUT2D eigenvalue weighted by atomic mass is 15.0. The maximum atomic E-state index is 3.56. The Morgan fingerprint density at radius 2 is 2.18 bits per heavy atom. The van der Waals surface area contributed by atoms with Gasteiger partial charge in [-0.05, 0) is 26.3 Å². The minimum atomic E-state index is 0.663. The molecule has 0 spiro atoms. The van der Waals surface area contributed by atoms with Crippen molar-refractivity contribution in [2.75, 3.05) is 13.6 Å². The van der Waals surface area contributed by atoms with Crippen LogP contribution in [0.15, 0.2) is 0 Å². The molecule has 11 heavy (non-hydrogen) atoms. The fraction of sp³-hybridized carbons (Fsp3) is 1.00. The SMILES string of the molecule is CCC(CNC1CCC1)NC. The molecule has 2 N–H and O–H groups in total. The van der Waals surface area contributed by atoms with Crippen molar-refractivity contribution in [3.63, 3.8) is 0 Å². The fourth-order valence-corrected chi connectivity index (χ4v) is 1.37. The first kappa shape index (κ1) is 9.01. The lowest BCUT2D eigenvalue weighted by Gasteiger charge is -2.28. The van der Waals surface area contributed by atoms with Crippen molar-refractivity contribution in [1.82, 2.24) is 10.6 Å². The van der Waals surface area contributed by atoms with Gasteiger partial charge in [0.1, 0.15) is 0 Å². The maximum Gasteiger partial charge on any atom is 0.0186 e. The molecule has 1 aliphatic carbocycles. The lowest BCUT2D eigenvalue weighted by atomic mass is 9.93. The molecule has 0 radical (unpaired) electrons. The second-order valence-corrected chi connectivity index (χ2v) is 3.43. The normalized spacial score (nSPS) is 21.3. The van der Waals surface area contributed by atoms with Gasteiger partial charge in [-0.1, -0.05) is 13.3 Å². The molecule has 1 aliphatic rings. The lowest BCUT2D eigenvalue weighted by Crippen LogP contribution is -2.43. The minimum absolute atomic E-state index is 0.663. The summed E-state index contributed by atoms with van der Waals surface area (Å²) >= 11 is 0. The second-order valence-electron chi connectivity index (χ2n) is 3.43. The molecule has 0 aliphatic heterocycles. The zero-order valence-corrected chi connectivity index (χ0v) is 7.69. The van der Waals surface area contributed by atoms with E-state index in [1.165, 1.54) is 25.7 Å². The molecule has 1 fully saturated rings. The van der Waals surface area contributed by atoms with Gasteiger partial charge < -0.3 is 10.6 Å². The molecule has 0 saturated heterocycles. The van der Waals surface area contributed by atoms with E-state index in [1.807, 2.05) is 7.05 Å². The van der Waals surface area contributed by atoms with Crippen LogP contribution in [-0.4, -0.2) is 25.7 Å². The Labute approximate surface area is 69.8 Å². The average Bonchev–Trinajstić information content (AvgIpc) is 1.95. The molecule has 0 aromatic carbocycles. The number of nitrogens with one attached hydrogen (secondary N) is 2. The van der Waals surface area contributed by atoms with Crippen LogP contribution in [0.4, 0.5) is 0 Å². The lowest BCUT2D eigenvalue weighted by molar-refractivity contribution is 0.323. The van der Waals surface area contributed by atoms with Crippen LogP contribution in [0.2, 0.25) is 0 Å². The van der Waals surface area contributed by atoms with Gasteiger partial charge >= 0.3 is 0 Å². The zero-order chi connectivity index (χ0) is 8.10. The number of rotatable bonds is 5. The van der Waals surface area contributed by atoms with Crippen molar-refractivity contribution in [2.45, 2.75) is 44.7 Å². The van der Waals surface area contributed by atoms with E-state index in [1.54, 1.807) is 0 Å². The average molecular weight is 156 g/mol. The van der Waals surface area contributed by atoms with Crippen LogP contribution in [-0.2, 0) is 0 Å². The maximum absolute atomic E-state index is 3.56. The summed E-state index contributed by atoms with van der Waals surface area (Å²) in [5, 5.41) is 6.85. The van der Waals surface area contributed by atoms with E-state index in [9.17, 15) is 0 Å². The monoisotopic (exact) mass is 156 g/mol. The summed E-state index contributed by atoms with van der Waals surface area (Å²) in [7, 11) is 2.04. The van der Waals surface area contributed by atoms with E-state index in [4.69, 9.17) is 0 Å². The molecule has 1 rings (SSSR count). The number of hydrogen-bond donors (Lipinski definition) is 2. The van der Waals surface area contributed by atoms with Crippen molar-refractivity contribution in [2.24, 2.45) is 0 Å². The van der Waals surface area contributed by atoms with Crippen molar-refractivity contribution < 1.29 is 0 Å². The summed E-state index contributed by atoms with van der Waals surface area (Å²) in [5.41, 5.74) is 0. The van der Waals surface area contributed by atoms with Crippen LogP contribution < -0.4 is 10.6 Å². The third-order valence-electron chi connectivity index (χ3n) is 2.66.